The summed E-state index contributed by atoms with van der Waals surface area (Å²) in [6.07, 6.45) is 15.5. The van der Waals surface area contributed by atoms with E-state index in [-0.39, 0.29) is 10.8 Å². The van der Waals surface area contributed by atoms with Crippen LogP contribution in [0.15, 0.2) is 128 Å². The highest BCUT2D eigenvalue weighted by molar-refractivity contribution is 5.78. The zero-order valence-electron chi connectivity index (χ0n) is 39.8. The van der Waals surface area contributed by atoms with Crippen LogP contribution < -0.4 is 0 Å². The number of hydrogen-bond donors (Lipinski definition) is 0. The maximum absolute atomic E-state index is 5.08. The Morgan fingerprint density at radius 2 is 1.00 bits per heavy atom. The molecule has 0 amide bonds. The number of fused-ring (bicyclic) bond motifs is 3. The lowest BCUT2D eigenvalue weighted by Gasteiger charge is -2.29. The van der Waals surface area contributed by atoms with Crippen molar-refractivity contribution in [2.24, 2.45) is 0 Å². The molecule has 4 heteroatoms. The molecule has 1 aliphatic carbocycles. The van der Waals surface area contributed by atoms with E-state index in [1.165, 1.54) is 101 Å². The predicted octanol–water partition coefficient (Wildman–Crippen LogP) is 16.1. The van der Waals surface area contributed by atoms with Crippen molar-refractivity contribution in [3.63, 3.8) is 0 Å². The van der Waals surface area contributed by atoms with E-state index in [1.54, 1.807) is 0 Å². The molecule has 0 saturated heterocycles. The van der Waals surface area contributed by atoms with Crippen molar-refractivity contribution >= 4 is 0 Å². The van der Waals surface area contributed by atoms with Gasteiger partial charge < -0.3 is 0 Å². The predicted molar refractivity (Wildman–Crippen MR) is 270 cm³/mol. The van der Waals surface area contributed by atoms with Crippen molar-refractivity contribution in [3.8, 4) is 56.5 Å². The van der Waals surface area contributed by atoms with Gasteiger partial charge in [-0.15, -0.1) is 0 Å². The number of pyridine rings is 1. The summed E-state index contributed by atoms with van der Waals surface area (Å²) in [5.41, 5.74) is 17.5. The average Bonchev–Trinajstić information content (AvgIpc) is 3.31. The van der Waals surface area contributed by atoms with Gasteiger partial charge in [0.25, 0.3) is 0 Å². The Balaban J connectivity index is 1.11. The van der Waals surface area contributed by atoms with E-state index < -0.39 is 0 Å². The Kier molecular flexibility index (Phi) is 13.7. The first-order chi connectivity index (χ1) is 30.9. The first kappa shape index (κ1) is 44.9. The van der Waals surface area contributed by atoms with E-state index in [4.69, 9.17) is 19.9 Å². The van der Waals surface area contributed by atoms with E-state index in [2.05, 4.69) is 177 Å². The van der Waals surface area contributed by atoms with Gasteiger partial charge in [0.2, 0.25) is 0 Å². The largest absolute Gasteiger partial charge is 0.255 e. The summed E-state index contributed by atoms with van der Waals surface area (Å²) in [5.74, 6) is 2.22. The molecule has 1 atom stereocenters. The third kappa shape index (κ3) is 10.4. The molecule has 8 rings (SSSR count). The molecule has 0 saturated carbocycles. The number of nitrogens with zero attached hydrogens (tertiary/aromatic N) is 4. The van der Waals surface area contributed by atoms with Crippen molar-refractivity contribution in [1.82, 2.24) is 19.9 Å². The van der Waals surface area contributed by atoms with Gasteiger partial charge in [0.15, 0.2) is 17.5 Å². The summed E-state index contributed by atoms with van der Waals surface area (Å²) in [6.45, 7) is 18.0. The number of aromatic nitrogens is 4. The minimum atomic E-state index is 0.0525. The molecule has 1 unspecified atom stereocenters. The highest BCUT2D eigenvalue weighted by Gasteiger charge is 2.27. The molecule has 328 valence electrons. The molecule has 7 aromatic rings. The van der Waals surface area contributed by atoms with Crippen molar-refractivity contribution in [2.75, 3.05) is 0 Å². The van der Waals surface area contributed by atoms with Crippen LogP contribution >= 0.6 is 0 Å². The Labute approximate surface area is 384 Å². The van der Waals surface area contributed by atoms with Crippen molar-refractivity contribution in [2.45, 2.75) is 143 Å². The van der Waals surface area contributed by atoms with Crippen LogP contribution in [0.5, 0.6) is 0 Å². The van der Waals surface area contributed by atoms with E-state index >= 15 is 0 Å². The third-order valence-electron chi connectivity index (χ3n) is 13.2. The first-order valence-corrected chi connectivity index (χ1v) is 24.2. The molecule has 1 aliphatic rings. The second-order valence-electron chi connectivity index (χ2n) is 20.3. The molecule has 5 aromatic carbocycles. The van der Waals surface area contributed by atoms with E-state index in [1.807, 2.05) is 6.20 Å². The van der Waals surface area contributed by atoms with Gasteiger partial charge in [-0.2, -0.15) is 0 Å². The summed E-state index contributed by atoms with van der Waals surface area (Å²) < 4.78 is 0. The maximum Gasteiger partial charge on any atom is 0.165 e. The smallest absolute Gasteiger partial charge is 0.165 e. The highest BCUT2D eigenvalue weighted by Crippen LogP contribution is 2.44. The summed E-state index contributed by atoms with van der Waals surface area (Å²) >= 11 is 0. The lowest BCUT2D eigenvalue weighted by molar-refractivity contribution is 0.590. The number of aryl methyl sites for hydroxylation is 2. The molecular formula is C60H68N4. The van der Waals surface area contributed by atoms with Crippen molar-refractivity contribution in [1.29, 1.82) is 0 Å². The number of benzene rings is 5. The summed E-state index contributed by atoms with van der Waals surface area (Å²) in [7, 11) is 0. The second kappa shape index (κ2) is 19.6. The Morgan fingerprint density at radius 1 is 0.484 bits per heavy atom. The highest BCUT2D eigenvalue weighted by atomic mass is 15.0. The van der Waals surface area contributed by atoms with Gasteiger partial charge >= 0.3 is 0 Å². The van der Waals surface area contributed by atoms with E-state index in [0.29, 0.717) is 23.4 Å². The summed E-state index contributed by atoms with van der Waals surface area (Å²) in [6, 6.07) is 45.2. The Hall–Kier alpha value is -5.74. The standard InChI is InChI=1S/C60H68N4/c1-9-11-13-15-19-41-35-42(20-16-14-12-10-2)37-47(36-41)54-39-48-38-45(27-33-51(48)52-21-17-18-22-53(52)54)55-34-28-46(40-61-55)58-63-56(43-23-29-49(30-24-43)59(3,4)5)62-57(64-58)44-25-31-50(32-26-44)60(6,7)8/h17-18,21-38,40,54H,9-16,19-20,39H2,1-8H3. The molecule has 2 heterocycles. The number of rotatable bonds is 15. The average molecular weight is 845 g/mol. The fraction of sp³-hybridized carbons (Fsp3) is 0.367. The van der Waals surface area contributed by atoms with Gasteiger partial charge in [-0.05, 0) is 111 Å². The van der Waals surface area contributed by atoms with Gasteiger partial charge in [-0.1, -0.05) is 197 Å². The molecule has 0 N–H and O–H groups in total. The van der Waals surface area contributed by atoms with Gasteiger partial charge in [-0.25, -0.2) is 15.0 Å². The fourth-order valence-corrected chi connectivity index (χ4v) is 9.35. The topological polar surface area (TPSA) is 51.6 Å². The van der Waals surface area contributed by atoms with Crippen LogP contribution in [0.2, 0.25) is 0 Å². The zero-order valence-corrected chi connectivity index (χ0v) is 39.8. The van der Waals surface area contributed by atoms with Crippen LogP contribution in [0, 0.1) is 0 Å². The molecule has 2 aromatic heterocycles. The van der Waals surface area contributed by atoms with Gasteiger partial charge in [0.05, 0.1) is 5.69 Å². The molecule has 0 radical (unpaired) electrons. The van der Waals surface area contributed by atoms with Crippen LogP contribution in [0.3, 0.4) is 0 Å². The summed E-state index contributed by atoms with van der Waals surface area (Å²) in [4.78, 5) is 20.3. The normalized spacial score (nSPS) is 13.7. The molecule has 0 spiro atoms. The molecule has 0 aliphatic heterocycles. The number of hydrogen-bond acceptors (Lipinski definition) is 4. The molecule has 4 nitrogen and oxygen atoms in total. The quantitative estimate of drug-likeness (QED) is 0.0965. The second-order valence-corrected chi connectivity index (χ2v) is 20.3. The van der Waals surface area contributed by atoms with E-state index in [0.717, 1.165) is 47.2 Å². The lowest BCUT2D eigenvalue weighted by Crippen LogP contribution is -2.13. The van der Waals surface area contributed by atoms with Gasteiger partial charge in [-0.3, -0.25) is 4.98 Å². The molecule has 0 fully saturated rings. The molecule has 0 bridgehead atoms. The zero-order chi connectivity index (χ0) is 44.8. The van der Waals surface area contributed by atoms with Crippen LogP contribution in [-0.4, -0.2) is 19.9 Å². The van der Waals surface area contributed by atoms with Crippen LogP contribution in [0.4, 0.5) is 0 Å². The number of unbranched alkanes of at least 4 members (excludes halogenated alkanes) is 6. The minimum absolute atomic E-state index is 0.0525. The fourth-order valence-electron chi connectivity index (χ4n) is 9.35. The molecule has 64 heavy (non-hydrogen) atoms. The molecular weight excluding hydrogens is 777 g/mol. The van der Waals surface area contributed by atoms with Gasteiger partial charge in [0, 0.05) is 34.4 Å². The van der Waals surface area contributed by atoms with Crippen molar-refractivity contribution < 1.29 is 0 Å². The summed E-state index contributed by atoms with van der Waals surface area (Å²) in [5, 5.41) is 0. The minimum Gasteiger partial charge on any atom is -0.255 e. The van der Waals surface area contributed by atoms with Gasteiger partial charge in [0.1, 0.15) is 0 Å². The Morgan fingerprint density at radius 3 is 1.52 bits per heavy atom. The maximum atomic E-state index is 5.08. The first-order valence-electron chi connectivity index (χ1n) is 24.2. The lowest BCUT2D eigenvalue weighted by atomic mass is 9.74. The van der Waals surface area contributed by atoms with Crippen molar-refractivity contribution in [3.05, 3.63) is 166 Å². The third-order valence-corrected chi connectivity index (χ3v) is 13.2. The Bertz CT molecular complexity index is 2550. The van der Waals surface area contributed by atoms with Crippen LogP contribution in [-0.2, 0) is 30.1 Å². The van der Waals surface area contributed by atoms with Crippen LogP contribution in [0.1, 0.15) is 152 Å². The SMILES string of the molecule is CCCCCCc1cc(CCCCCC)cc(C2Cc3cc(-c4ccc(-c5nc(-c6ccc(C(C)(C)C)cc6)nc(-c6ccc(C(C)(C)C)cc6)n5)cn4)ccc3-c3ccccc32)c1. The van der Waals surface area contributed by atoms with Crippen LogP contribution in [0.25, 0.3) is 56.5 Å². The van der Waals surface area contributed by atoms with E-state index in [9.17, 15) is 0 Å². The monoisotopic (exact) mass is 845 g/mol.